The van der Waals surface area contributed by atoms with Crippen molar-refractivity contribution in [3.8, 4) is 16.9 Å². The van der Waals surface area contributed by atoms with Gasteiger partial charge in [0, 0.05) is 61.2 Å². The Morgan fingerprint density at radius 3 is 2.59 bits per heavy atom. The van der Waals surface area contributed by atoms with Crippen molar-refractivity contribution in [2.24, 2.45) is 5.41 Å². The number of nitrogens with one attached hydrogen (secondary N) is 2. The zero-order valence-electron chi connectivity index (χ0n) is 22.0. The molecule has 4 aromatic rings. The van der Waals surface area contributed by atoms with Crippen molar-refractivity contribution in [2.45, 2.75) is 37.8 Å². The van der Waals surface area contributed by atoms with E-state index >= 15 is 4.39 Å². The van der Waals surface area contributed by atoms with Crippen molar-refractivity contribution >= 4 is 33.4 Å². The number of nitrogens with zero attached hydrogens (tertiary/aromatic N) is 4. The number of benzene rings is 3. The third-order valence-electron chi connectivity index (χ3n) is 9.48. The summed E-state index contributed by atoms with van der Waals surface area (Å²) in [6.45, 7) is 5.60. The second-order valence-electron chi connectivity index (χ2n) is 12.0. The van der Waals surface area contributed by atoms with E-state index in [0.29, 0.717) is 34.7 Å². The molecule has 1 spiro atoms. The fraction of sp³-hybridized carbons (Fsp3) is 0.419. The van der Waals surface area contributed by atoms with Gasteiger partial charge in [-0.15, -0.1) is 0 Å². The minimum atomic E-state index is -0.359. The van der Waals surface area contributed by atoms with Gasteiger partial charge in [-0.1, -0.05) is 30.3 Å². The van der Waals surface area contributed by atoms with Crippen LogP contribution in [-0.4, -0.2) is 66.4 Å². The Kier molecular flexibility index (Phi) is 5.26. The highest BCUT2D eigenvalue weighted by Crippen LogP contribution is 2.41. The molecular weight excluding hydrogens is 491 g/mol. The number of fused-ring (bicyclic) bond motifs is 4. The maximum atomic E-state index is 16.7. The lowest BCUT2D eigenvalue weighted by atomic mass is 9.87. The Balaban J connectivity index is 1.30. The van der Waals surface area contributed by atoms with Crippen LogP contribution in [0, 0.1) is 11.2 Å². The second-order valence-corrected chi connectivity index (χ2v) is 12.0. The van der Waals surface area contributed by atoms with E-state index in [-0.39, 0.29) is 17.0 Å². The molecule has 4 aliphatic rings. The van der Waals surface area contributed by atoms with Gasteiger partial charge in [-0.2, -0.15) is 4.98 Å². The normalized spacial score (nSPS) is 26.5. The van der Waals surface area contributed by atoms with Crippen molar-refractivity contribution in [3.63, 3.8) is 0 Å². The van der Waals surface area contributed by atoms with E-state index in [2.05, 4.69) is 20.4 Å². The lowest BCUT2D eigenvalue weighted by Crippen LogP contribution is -2.51. The molecule has 0 aliphatic carbocycles. The highest BCUT2D eigenvalue weighted by molar-refractivity contribution is 6.01. The Bertz CT molecular complexity index is 1590. The molecule has 0 amide bonds. The lowest BCUT2D eigenvalue weighted by molar-refractivity contribution is 0.369. The Morgan fingerprint density at radius 2 is 1.77 bits per heavy atom. The maximum absolute atomic E-state index is 16.7. The van der Waals surface area contributed by atoms with Crippen LogP contribution in [0.4, 0.5) is 16.2 Å². The molecule has 4 fully saturated rings. The van der Waals surface area contributed by atoms with Gasteiger partial charge >= 0.3 is 0 Å². The van der Waals surface area contributed by atoms with Gasteiger partial charge in [0.2, 0.25) is 5.95 Å². The molecule has 1 aromatic heterocycles. The molecule has 3 aromatic carbocycles. The minimum absolute atomic E-state index is 0.121. The number of phenols is 1. The summed E-state index contributed by atoms with van der Waals surface area (Å²) >= 11 is 0. The molecule has 8 heteroatoms. The quantitative estimate of drug-likeness (QED) is 0.366. The molecule has 0 radical (unpaired) electrons. The largest absolute Gasteiger partial charge is 0.508 e. The van der Waals surface area contributed by atoms with Crippen LogP contribution >= 0.6 is 0 Å². The number of rotatable bonds is 3. The average molecular weight is 525 g/mol. The molecule has 3 atom stereocenters. The predicted octanol–water partition coefficient (Wildman–Crippen LogP) is 4.43. The third kappa shape index (κ3) is 3.84. The first kappa shape index (κ1) is 23.4. The van der Waals surface area contributed by atoms with E-state index < -0.39 is 0 Å². The Morgan fingerprint density at radius 1 is 0.923 bits per heavy atom. The van der Waals surface area contributed by atoms with Crippen LogP contribution in [0.15, 0.2) is 48.5 Å². The number of aromatic nitrogens is 2. The molecule has 39 heavy (non-hydrogen) atoms. The van der Waals surface area contributed by atoms with E-state index in [1.54, 1.807) is 12.1 Å². The van der Waals surface area contributed by atoms with Gasteiger partial charge in [0.15, 0.2) is 5.82 Å². The van der Waals surface area contributed by atoms with Crippen molar-refractivity contribution < 1.29 is 9.50 Å². The predicted molar refractivity (Wildman–Crippen MR) is 153 cm³/mol. The number of aromatic hydroxyl groups is 1. The molecule has 2 bridgehead atoms. The Labute approximate surface area is 227 Å². The molecule has 8 rings (SSSR count). The molecule has 4 saturated heterocycles. The number of halogens is 1. The molecule has 3 unspecified atom stereocenters. The molecule has 0 saturated carbocycles. The van der Waals surface area contributed by atoms with Crippen molar-refractivity contribution in [1.82, 2.24) is 20.6 Å². The topological polar surface area (TPSA) is 76.6 Å². The summed E-state index contributed by atoms with van der Waals surface area (Å²) in [4.78, 5) is 14.7. The van der Waals surface area contributed by atoms with E-state index in [0.717, 1.165) is 74.1 Å². The second kappa shape index (κ2) is 8.76. The van der Waals surface area contributed by atoms with Gasteiger partial charge < -0.3 is 25.5 Å². The summed E-state index contributed by atoms with van der Waals surface area (Å²) in [6, 6.07) is 15.8. The fourth-order valence-corrected chi connectivity index (χ4v) is 7.46. The van der Waals surface area contributed by atoms with Gasteiger partial charge in [0.05, 0.1) is 0 Å². The number of phenolic OH excluding ortho intramolecular Hbond substituents is 1. The zero-order valence-corrected chi connectivity index (χ0v) is 22.0. The van der Waals surface area contributed by atoms with Crippen LogP contribution in [0.25, 0.3) is 32.8 Å². The number of hydrogen-bond donors (Lipinski definition) is 3. The lowest BCUT2D eigenvalue weighted by Gasteiger charge is -2.35. The van der Waals surface area contributed by atoms with Gasteiger partial charge in [-0.05, 0) is 66.8 Å². The van der Waals surface area contributed by atoms with Crippen LogP contribution in [-0.2, 0) is 0 Å². The zero-order chi connectivity index (χ0) is 26.1. The van der Waals surface area contributed by atoms with Gasteiger partial charge in [0.25, 0.3) is 0 Å². The monoisotopic (exact) mass is 524 g/mol. The maximum Gasteiger partial charge on any atom is 0.228 e. The van der Waals surface area contributed by atoms with Crippen molar-refractivity contribution in [2.75, 3.05) is 49.1 Å². The fourth-order valence-electron chi connectivity index (χ4n) is 7.46. The molecule has 7 nitrogen and oxygen atoms in total. The summed E-state index contributed by atoms with van der Waals surface area (Å²) in [7, 11) is 0. The summed E-state index contributed by atoms with van der Waals surface area (Å²) < 4.78 is 16.7. The molecular formula is C31H33FN6O. The van der Waals surface area contributed by atoms with Crippen LogP contribution in [0.1, 0.15) is 25.7 Å². The van der Waals surface area contributed by atoms with Crippen LogP contribution in [0.2, 0.25) is 0 Å². The minimum Gasteiger partial charge on any atom is -0.508 e. The number of anilines is 2. The Hall–Kier alpha value is -3.49. The van der Waals surface area contributed by atoms with Crippen LogP contribution < -0.4 is 20.4 Å². The van der Waals surface area contributed by atoms with Crippen molar-refractivity contribution in [1.29, 1.82) is 0 Å². The first-order valence-electron chi connectivity index (χ1n) is 14.2. The standard InChI is InChI=1S/C31H33FN6O/c32-27-24(26-14-22(39)13-19-3-1-2-4-23(19)26)7-8-25-28(27)35-30(37-12-10-31(18-37)9-11-33-17-31)36-29(25)38-15-20-5-6-21(16-38)34-20/h1-4,7-8,13-14,20-21,33-34,39H,5-6,9-12,15-18H2. The third-order valence-corrected chi connectivity index (χ3v) is 9.48. The highest BCUT2D eigenvalue weighted by Gasteiger charge is 2.42. The number of piperazine rings is 1. The molecule has 5 heterocycles. The smallest absolute Gasteiger partial charge is 0.228 e. The van der Waals surface area contributed by atoms with E-state index in [1.807, 2.05) is 36.4 Å². The van der Waals surface area contributed by atoms with E-state index in [4.69, 9.17) is 9.97 Å². The molecule has 200 valence electrons. The summed E-state index contributed by atoms with van der Waals surface area (Å²) in [5.74, 6) is 1.23. The number of hydrogen-bond acceptors (Lipinski definition) is 7. The summed E-state index contributed by atoms with van der Waals surface area (Å²) in [6.07, 6.45) is 4.60. The average Bonchev–Trinajstić information content (AvgIpc) is 3.68. The van der Waals surface area contributed by atoms with Crippen LogP contribution in [0.5, 0.6) is 5.75 Å². The first-order valence-corrected chi connectivity index (χ1v) is 14.2. The van der Waals surface area contributed by atoms with Crippen LogP contribution in [0.3, 0.4) is 0 Å². The summed E-state index contributed by atoms with van der Waals surface area (Å²) in [5, 5.41) is 20.2. The van der Waals surface area contributed by atoms with Gasteiger partial charge in [-0.25, -0.2) is 9.37 Å². The highest BCUT2D eigenvalue weighted by atomic mass is 19.1. The summed E-state index contributed by atoms with van der Waals surface area (Å²) in [5.41, 5.74) is 1.73. The first-order chi connectivity index (χ1) is 19.1. The van der Waals surface area contributed by atoms with Gasteiger partial charge in [0.1, 0.15) is 17.1 Å². The van der Waals surface area contributed by atoms with Gasteiger partial charge in [-0.3, -0.25) is 0 Å². The SMILES string of the molecule is Oc1cc(-c2ccc3c(N4CC5CCC(C4)N5)nc(N4CCC5(CCNC5)C4)nc3c2F)c2ccccc2c1. The van der Waals surface area contributed by atoms with E-state index in [9.17, 15) is 5.11 Å². The molecule has 4 aliphatic heterocycles. The van der Waals surface area contributed by atoms with E-state index in [1.165, 1.54) is 12.8 Å². The molecule has 3 N–H and O–H groups in total. The van der Waals surface area contributed by atoms with Crippen molar-refractivity contribution in [3.05, 3.63) is 54.3 Å².